The first-order valence-electron chi connectivity index (χ1n) is 17.4. The summed E-state index contributed by atoms with van der Waals surface area (Å²) in [5, 5.41) is 5.27. The molecule has 3 heteroatoms. The number of aromatic nitrogens is 3. The molecule has 0 spiro atoms. The first-order chi connectivity index (χ1) is 22.3. The summed E-state index contributed by atoms with van der Waals surface area (Å²) in [5.41, 5.74) is 9.48. The van der Waals surface area contributed by atoms with E-state index in [2.05, 4.69) is 127 Å². The van der Waals surface area contributed by atoms with Gasteiger partial charge in [-0.25, -0.2) is 4.98 Å². The Morgan fingerprint density at radius 2 is 1.15 bits per heavy atom. The molecule has 228 valence electrons. The largest absolute Gasteiger partial charge is 0.309 e. The van der Waals surface area contributed by atoms with Crippen LogP contribution < -0.4 is 0 Å². The van der Waals surface area contributed by atoms with Crippen LogP contribution in [0.3, 0.4) is 0 Å². The van der Waals surface area contributed by atoms with Gasteiger partial charge in [0.15, 0.2) is 0 Å². The topological polar surface area (TPSA) is 22.8 Å². The van der Waals surface area contributed by atoms with E-state index in [0.717, 1.165) is 29.3 Å². The van der Waals surface area contributed by atoms with Crippen molar-refractivity contribution in [2.24, 2.45) is 17.8 Å². The highest BCUT2D eigenvalue weighted by Crippen LogP contribution is 2.61. The zero-order valence-electron chi connectivity index (χ0n) is 27.1. The van der Waals surface area contributed by atoms with Gasteiger partial charge in [0, 0.05) is 33.8 Å². The summed E-state index contributed by atoms with van der Waals surface area (Å²) < 4.78 is 4.81. The number of rotatable bonds is 3. The minimum atomic E-state index is 0.0906. The van der Waals surface area contributed by atoms with E-state index < -0.39 is 0 Å². The minimum Gasteiger partial charge on any atom is -0.309 e. The molecular weight excluding hydrogens is 558 g/mol. The highest BCUT2D eigenvalue weighted by Gasteiger charge is 2.51. The number of pyridine rings is 1. The fraction of sp³-hybridized carbons (Fsp3) is 0.326. The average Bonchev–Trinajstić information content (AvgIpc) is 3.56. The van der Waals surface area contributed by atoms with E-state index in [1.54, 1.807) is 5.56 Å². The number of nitrogens with zero attached hydrogens (tertiary/aromatic N) is 3. The molecule has 0 N–H and O–H groups in total. The maximum Gasteiger partial charge on any atom is 0.139 e. The first kappa shape index (κ1) is 26.8. The Bertz CT molecular complexity index is 2310. The quantitative estimate of drug-likeness (QED) is 0.198. The molecule has 4 fully saturated rings. The van der Waals surface area contributed by atoms with Crippen LogP contribution in [0.5, 0.6) is 0 Å². The third kappa shape index (κ3) is 3.81. The van der Waals surface area contributed by atoms with Crippen LogP contribution in [-0.4, -0.2) is 14.1 Å². The second-order valence-electron chi connectivity index (χ2n) is 16.0. The Kier molecular flexibility index (Phi) is 5.45. The molecule has 46 heavy (non-hydrogen) atoms. The van der Waals surface area contributed by atoms with Gasteiger partial charge in [0.2, 0.25) is 0 Å². The summed E-state index contributed by atoms with van der Waals surface area (Å²) in [6, 6.07) is 36.7. The fourth-order valence-electron chi connectivity index (χ4n) is 10.4. The first-order valence-corrected chi connectivity index (χ1v) is 17.4. The molecule has 3 nitrogen and oxygen atoms in total. The Morgan fingerprint density at radius 1 is 0.587 bits per heavy atom. The molecule has 0 amide bonds. The molecule has 0 radical (unpaired) electrons. The normalized spacial score (nSPS) is 24.2. The Labute approximate surface area is 270 Å². The summed E-state index contributed by atoms with van der Waals surface area (Å²) in [5.74, 6) is 3.78. The summed E-state index contributed by atoms with van der Waals surface area (Å²) in [6.45, 7) is 6.88. The second kappa shape index (κ2) is 9.35. The van der Waals surface area contributed by atoms with Crippen LogP contribution in [-0.2, 0) is 10.8 Å². The van der Waals surface area contributed by atoms with Crippen LogP contribution in [0.2, 0.25) is 0 Å². The lowest BCUT2D eigenvalue weighted by Crippen LogP contribution is -2.48. The van der Waals surface area contributed by atoms with Gasteiger partial charge in [0.05, 0.1) is 27.8 Å². The van der Waals surface area contributed by atoms with E-state index in [1.807, 2.05) is 6.20 Å². The number of hydrogen-bond acceptors (Lipinski definition) is 1. The highest BCUT2D eigenvalue weighted by atomic mass is 15.1. The standard InChI is InChI=1S/C43H41N3/c1-42(2,3)30-12-14-39-35(21-30)33-8-4-6-10-37(33)45(39)32-16-17-44-41(23-32)46-38-11-7-5-9-34(38)36-22-31(13-15-40(36)46)43-24-27-18-28(25-43)20-29(19-27)26-43/h4-17,21-23,27-29H,18-20,24-26H2,1-3H3. The molecule has 3 heterocycles. The monoisotopic (exact) mass is 599 g/mol. The number of para-hydroxylation sites is 2. The summed E-state index contributed by atoms with van der Waals surface area (Å²) in [4.78, 5) is 5.03. The van der Waals surface area contributed by atoms with E-state index in [4.69, 9.17) is 4.98 Å². The van der Waals surface area contributed by atoms with Crippen molar-refractivity contribution >= 4 is 43.6 Å². The van der Waals surface area contributed by atoms with E-state index in [1.165, 1.54) is 87.7 Å². The fourth-order valence-corrected chi connectivity index (χ4v) is 10.4. The second-order valence-corrected chi connectivity index (χ2v) is 16.0. The van der Waals surface area contributed by atoms with E-state index >= 15 is 0 Å². The predicted octanol–water partition coefficient (Wildman–Crippen LogP) is 11.0. The third-order valence-electron chi connectivity index (χ3n) is 12.1. The zero-order chi connectivity index (χ0) is 30.8. The summed E-state index contributed by atoms with van der Waals surface area (Å²) in [6.07, 6.45) is 10.6. The van der Waals surface area contributed by atoms with Crippen molar-refractivity contribution in [2.45, 2.75) is 70.1 Å². The van der Waals surface area contributed by atoms with E-state index in [0.29, 0.717) is 5.41 Å². The van der Waals surface area contributed by atoms with E-state index in [9.17, 15) is 0 Å². The molecule has 0 saturated heterocycles. The summed E-state index contributed by atoms with van der Waals surface area (Å²) >= 11 is 0. The molecule has 4 aromatic carbocycles. The molecule has 0 aliphatic heterocycles. The molecule has 4 bridgehead atoms. The van der Waals surface area contributed by atoms with Crippen molar-refractivity contribution in [3.05, 3.63) is 114 Å². The van der Waals surface area contributed by atoms with Crippen LogP contribution in [0.1, 0.15) is 70.4 Å². The van der Waals surface area contributed by atoms with Gasteiger partial charge < -0.3 is 4.57 Å². The molecule has 4 aliphatic rings. The average molecular weight is 600 g/mol. The molecule has 0 unspecified atom stereocenters. The molecular formula is C43H41N3. The summed E-state index contributed by atoms with van der Waals surface area (Å²) in [7, 11) is 0. The maximum absolute atomic E-state index is 5.03. The van der Waals surface area contributed by atoms with Crippen LogP contribution in [0.15, 0.2) is 103 Å². The predicted molar refractivity (Wildman–Crippen MR) is 191 cm³/mol. The lowest BCUT2D eigenvalue weighted by molar-refractivity contribution is -0.00512. The third-order valence-corrected chi connectivity index (χ3v) is 12.1. The molecule has 11 rings (SSSR count). The van der Waals surface area contributed by atoms with Crippen molar-refractivity contribution in [3.63, 3.8) is 0 Å². The van der Waals surface area contributed by atoms with Crippen molar-refractivity contribution in [1.29, 1.82) is 0 Å². The highest BCUT2D eigenvalue weighted by molar-refractivity contribution is 6.10. The number of benzene rings is 4. The van der Waals surface area contributed by atoms with Crippen molar-refractivity contribution in [2.75, 3.05) is 0 Å². The van der Waals surface area contributed by atoms with Crippen LogP contribution in [0.4, 0.5) is 0 Å². The van der Waals surface area contributed by atoms with Gasteiger partial charge in [-0.2, -0.15) is 0 Å². The lowest BCUT2D eigenvalue weighted by atomic mass is 9.48. The minimum absolute atomic E-state index is 0.0906. The Balaban J connectivity index is 1.15. The number of fused-ring (bicyclic) bond motifs is 6. The van der Waals surface area contributed by atoms with Crippen LogP contribution in [0.25, 0.3) is 55.1 Å². The van der Waals surface area contributed by atoms with Crippen molar-refractivity contribution in [3.8, 4) is 11.5 Å². The molecule has 0 atom stereocenters. The zero-order valence-corrected chi connectivity index (χ0v) is 27.1. The van der Waals surface area contributed by atoms with Gasteiger partial charge in [0.25, 0.3) is 0 Å². The van der Waals surface area contributed by atoms with Gasteiger partial charge in [-0.15, -0.1) is 0 Å². The molecule has 4 aliphatic carbocycles. The van der Waals surface area contributed by atoms with Crippen molar-refractivity contribution < 1.29 is 0 Å². The van der Waals surface area contributed by atoms with Gasteiger partial charge in [0.1, 0.15) is 5.82 Å². The maximum atomic E-state index is 5.03. The Morgan fingerprint density at radius 3 is 1.83 bits per heavy atom. The SMILES string of the molecule is CC(C)(C)c1ccc2c(c1)c1ccccc1n2-c1ccnc(-n2c3ccccc3c3cc(C45CC6CC(CC(C6)C4)C5)ccc32)c1. The van der Waals surface area contributed by atoms with Crippen molar-refractivity contribution in [1.82, 2.24) is 14.1 Å². The van der Waals surface area contributed by atoms with Gasteiger partial charge in [-0.1, -0.05) is 69.3 Å². The van der Waals surface area contributed by atoms with Crippen LogP contribution >= 0.6 is 0 Å². The Hall–Kier alpha value is -4.37. The number of hydrogen-bond donors (Lipinski definition) is 0. The molecule has 3 aromatic heterocycles. The van der Waals surface area contributed by atoms with E-state index in [-0.39, 0.29) is 5.41 Å². The van der Waals surface area contributed by atoms with Crippen LogP contribution in [0, 0.1) is 17.8 Å². The smallest absolute Gasteiger partial charge is 0.139 e. The lowest BCUT2D eigenvalue weighted by Gasteiger charge is -2.57. The van der Waals surface area contributed by atoms with Gasteiger partial charge in [-0.3, -0.25) is 4.57 Å². The van der Waals surface area contributed by atoms with Gasteiger partial charge in [-0.05, 0) is 121 Å². The molecule has 7 aromatic rings. The molecule has 4 saturated carbocycles. The van der Waals surface area contributed by atoms with Gasteiger partial charge >= 0.3 is 0 Å².